The lowest BCUT2D eigenvalue weighted by molar-refractivity contribution is -0.139. The predicted molar refractivity (Wildman–Crippen MR) is 74.8 cm³/mol. The van der Waals surface area contributed by atoms with Crippen LogP contribution in [0.2, 0.25) is 0 Å². The predicted octanol–water partition coefficient (Wildman–Crippen LogP) is 3.15. The molecule has 0 unspecified atom stereocenters. The number of thioether (sulfide) groups is 1. The minimum atomic E-state index is -0.386. The first-order valence-electron chi connectivity index (χ1n) is 5.44. The number of carbonyl (C=O) groups excluding carboxylic acids is 1. The largest absolute Gasteiger partial charge is 0.468 e. The van der Waals surface area contributed by atoms with Gasteiger partial charge in [0.05, 0.1) is 7.11 Å². The van der Waals surface area contributed by atoms with Crippen LogP contribution in [-0.4, -0.2) is 28.5 Å². The Morgan fingerprint density at radius 1 is 1.37 bits per heavy atom. The zero-order valence-corrected chi connectivity index (χ0v) is 12.7. The highest BCUT2D eigenvalue weighted by Gasteiger charge is 2.18. The van der Waals surface area contributed by atoms with Crippen LogP contribution >= 0.6 is 27.7 Å². The monoisotopic (exact) mass is 342 g/mol. The maximum Gasteiger partial charge on any atom is 0.319 e. The summed E-state index contributed by atoms with van der Waals surface area (Å²) in [5.41, 5.74) is 0.827. The van der Waals surface area contributed by atoms with Crippen LogP contribution in [0.3, 0.4) is 0 Å². The van der Waals surface area contributed by atoms with E-state index in [0.717, 1.165) is 10.0 Å². The summed E-state index contributed by atoms with van der Waals surface area (Å²) in [7, 11) is 1.35. The molecular formula is C12H11BrN2O3S. The normalized spacial score (nSPS) is 12.2. The molecule has 7 heteroatoms. The van der Waals surface area contributed by atoms with Gasteiger partial charge >= 0.3 is 5.97 Å². The Balaban J connectivity index is 2.11. The van der Waals surface area contributed by atoms with Crippen molar-refractivity contribution in [2.75, 3.05) is 7.11 Å². The number of hydrogen-bond donors (Lipinski definition) is 0. The van der Waals surface area contributed by atoms with E-state index in [1.165, 1.54) is 18.9 Å². The second-order valence-electron chi connectivity index (χ2n) is 3.66. The number of halogens is 1. The minimum absolute atomic E-state index is 0.326. The van der Waals surface area contributed by atoms with Crippen LogP contribution in [0, 0.1) is 0 Å². The molecule has 0 saturated heterocycles. The van der Waals surface area contributed by atoms with Gasteiger partial charge in [-0.25, -0.2) is 0 Å². The number of esters is 1. The highest BCUT2D eigenvalue weighted by molar-refractivity contribution is 9.10. The summed E-state index contributed by atoms with van der Waals surface area (Å²) in [5, 5.41) is 7.81. The van der Waals surface area contributed by atoms with E-state index in [9.17, 15) is 4.79 Å². The molecule has 1 atom stereocenters. The third-order valence-corrected chi connectivity index (χ3v) is 3.75. The first kappa shape index (κ1) is 14.1. The van der Waals surface area contributed by atoms with Crippen molar-refractivity contribution in [2.45, 2.75) is 17.4 Å². The molecule has 0 fully saturated rings. The van der Waals surface area contributed by atoms with Crippen molar-refractivity contribution in [1.29, 1.82) is 0 Å². The molecule has 1 aromatic heterocycles. The van der Waals surface area contributed by atoms with Gasteiger partial charge in [-0.15, -0.1) is 10.2 Å². The molecule has 0 amide bonds. The summed E-state index contributed by atoms with van der Waals surface area (Å²) >= 11 is 4.53. The van der Waals surface area contributed by atoms with Gasteiger partial charge in [0.1, 0.15) is 5.25 Å². The Hall–Kier alpha value is -1.34. The summed E-state index contributed by atoms with van der Waals surface area (Å²) in [6.45, 7) is 1.72. The van der Waals surface area contributed by atoms with E-state index >= 15 is 0 Å². The lowest BCUT2D eigenvalue weighted by Crippen LogP contribution is -2.14. The number of benzene rings is 1. The Labute approximate surface area is 122 Å². The Morgan fingerprint density at radius 3 is 2.68 bits per heavy atom. The Bertz CT molecular complexity index is 571. The molecule has 0 aliphatic carbocycles. The zero-order chi connectivity index (χ0) is 13.8. The van der Waals surface area contributed by atoms with Gasteiger partial charge in [0.25, 0.3) is 5.22 Å². The number of ether oxygens (including phenoxy) is 1. The topological polar surface area (TPSA) is 65.2 Å². The Morgan fingerprint density at radius 2 is 2.05 bits per heavy atom. The molecular weight excluding hydrogens is 332 g/mol. The van der Waals surface area contributed by atoms with E-state index < -0.39 is 0 Å². The average molecular weight is 343 g/mol. The van der Waals surface area contributed by atoms with Crippen molar-refractivity contribution in [3.63, 3.8) is 0 Å². The minimum Gasteiger partial charge on any atom is -0.468 e. The first-order chi connectivity index (χ1) is 9.10. The summed E-state index contributed by atoms with van der Waals surface area (Å²) in [4.78, 5) is 11.3. The van der Waals surface area contributed by atoms with E-state index in [0.29, 0.717) is 11.1 Å². The number of carbonyl (C=O) groups is 1. The van der Waals surface area contributed by atoms with Crippen molar-refractivity contribution < 1.29 is 13.9 Å². The van der Waals surface area contributed by atoms with Crippen molar-refractivity contribution >= 4 is 33.7 Å². The molecule has 0 radical (unpaired) electrons. The van der Waals surface area contributed by atoms with E-state index in [4.69, 9.17) is 4.42 Å². The summed E-state index contributed by atoms with van der Waals surface area (Å²) < 4.78 is 11.1. The molecule has 0 aliphatic heterocycles. The van der Waals surface area contributed by atoms with Crippen molar-refractivity contribution in [1.82, 2.24) is 10.2 Å². The Kier molecular flexibility index (Phi) is 4.60. The fourth-order valence-electron chi connectivity index (χ4n) is 1.33. The highest BCUT2D eigenvalue weighted by atomic mass is 79.9. The van der Waals surface area contributed by atoms with Gasteiger partial charge in [0.15, 0.2) is 0 Å². The van der Waals surface area contributed by atoms with Crippen molar-refractivity contribution in [3.8, 4) is 11.5 Å². The molecule has 0 N–H and O–H groups in total. The molecule has 2 aromatic rings. The molecule has 19 heavy (non-hydrogen) atoms. The van der Waals surface area contributed by atoms with E-state index in [1.54, 1.807) is 6.92 Å². The molecule has 2 rings (SSSR count). The smallest absolute Gasteiger partial charge is 0.319 e. The molecule has 1 aromatic carbocycles. The second kappa shape index (κ2) is 6.21. The molecule has 5 nitrogen and oxygen atoms in total. The van der Waals surface area contributed by atoms with E-state index in [-0.39, 0.29) is 11.2 Å². The fraction of sp³-hybridized carbons (Fsp3) is 0.250. The molecule has 0 spiro atoms. The van der Waals surface area contributed by atoms with Crippen LogP contribution in [0.4, 0.5) is 0 Å². The van der Waals surface area contributed by atoms with Crippen LogP contribution in [0.1, 0.15) is 6.92 Å². The quantitative estimate of drug-likeness (QED) is 0.628. The third-order valence-electron chi connectivity index (χ3n) is 2.31. The van der Waals surface area contributed by atoms with Crippen LogP contribution < -0.4 is 0 Å². The van der Waals surface area contributed by atoms with Crippen LogP contribution in [0.5, 0.6) is 0 Å². The van der Waals surface area contributed by atoms with Crippen LogP contribution in [0.25, 0.3) is 11.5 Å². The zero-order valence-electron chi connectivity index (χ0n) is 10.3. The van der Waals surface area contributed by atoms with Gasteiger partial charge in [-0.3, -0.25) is 4.79 Å². The number of hydrogen-bond acceptors (Lipinski definition) is 6. The lowest BCUT2D eigenvalue weighted by atomic mass is 10.2. The standard InChI is InChI=1S/C12H11BrN2O3S/c1-7(11(16)17-2)19-12-15-14-10(18-12)8-3-5-9(13)6-4-8/h3-7H,1-2H3/t7-/m1/s1. The van der Waals surface area contributed by atoms with Gasteiger partial charge in [-0.1, -0.05) is 27.7 Å². The molecule has 0 aliphatic rings. The van der Waals surface area contributed by atoms with Gasteiger partial charge < -0.3 is 9.15 Å². The number of methoxy groups -OCH3 is 1. The number of rotatable bonds is 4. The number of nitrogens with zero attached hydrogens (tertiary/aromatic N) is 2. The summed E-state index contributed by atoms with van der Waals surface area (Å²) in [5.74, 6) is 0.0976. The average Bonchev–Trinajstić information content (AvgIpc) is 2.87. The summed E-state index contributed by atoms with van der Waals surface area (Å²) in [6.07, 6.45) is 0. The molecule has 1 heterocycles. The molecule has 100 valence electrons. The van der Waals surface area contributed by atoms with Crippen LogP contribution in [-0.2, 0) is 9.53 Å². The molecule has 0 bridgehead atoms. The van der Waals surface area contributed by atoms with Gasteiger partial charge in [0.2, 0.25) is 5.89 Å². The maximum absolute atomic E-state index is 11.3. The first-order valence-corrected chi connectivity index (χ1v) is 7.11. The van der Waals surface area contributed by atoms with Crippen molar-refractivity contribution in [3.05, 3.63) is 28.7 Å². The maximum atomic E-state index is 11.3. The van der Waals surface area contributed by atoms with E-state index in [1.807, 2.05) is 24.3 Å². The van der Waals surface area contributed by atoms with Gasteiger partial charge in [0, 0.05) is 10.0 Å². The van der Waals surface area contributed by atoms with Gasteiger partial charge in [-0.05, 0) is 31.2 Å². The summed E-state index contributed by atoms with van der Waals surface area (Å²) in [6, 6.07) is 7.53. The third kappa shape index (κ3) is 3.57. The van der Waals surface area contributed by atoms with Crippen molar-refractivity contribution in [2.24, 2.45) is 0 Å². The SMILES string of the molecule is COC(=O)[C@@H](C)Sc1nnc(-c2ccc(Br)cc2)o1. The van der Waals surface area contributed by atoms with E-state index in [2.05, 4.69) is 30.9 Å². The highest BCUT2D eigenvalue weighted by Crippen LogP contribution is 2.27. The lowest BCUT2D eigenvalue weighted by Gasteiger charge is -2.04. The number of aromatic nitrogens is 2. The fourth-order valence-corrected chi connectivity index (χ4v) is 2.31. The van der Waals surface area contributed by atoms with Gasteiger partial charge in [-0.2, -0.15) is 0 Å². The van der Waals surface area contributed by atoms with Crippen LogP contribution in [0.15, 0.2) is 38.4 Å². The second-order valence-corrected chi connectivity index (χ2v) is 5.87. The molecule has 0 saturated carbocycles.